The van der Waals surface area contributed by atoms with Crippen molar-refractivity contribution in [1.82, 2.24) is 9.80 Å². The average molecular weight is 354 g/mol. The zero-order valence-electron chi connectivity index (χ0n) is 14.1. The van der Waals surface area contributed by atoms with E-state index in [2.05, 4.69) is 45.9 Å². The van der Waals surface area contributed by atoms with Gasteiger partial charge in [-0.05, 0) is 42.2 Å². The number of thiophene rings is 1. The van der Waals surface area contributed by atoms with E-state index in [1.54, 1.807) is 16.2 Å². The van der Waals surface area contributed by atoms with E-state index in [0.717, 1.165) is 38.9 Å². The van der Waals surface area contributed by atoms with Crippen LogP contribution in [-0.4, -0.2) is 54.0 Å². The third kappa shape index (κ3) is 3.35. The van der Waals surface area contributed by atoms with Crippen LogP contribution in [0.2, 0.25) is 0 Å². The molecule has 0 radical (unpaired) electrons. The Balaban J connectivity index is 1.35. The van der Waals surface area contributed by atoms with E-state index in [4.69, 9.17) is 5.26 Å². The number of hydrogen-bond acceptors (Lipinski definition) is 5. The number of carbonyl (C=O) groups excluding carboxylic acids is 1. The van der Waals surface area contributed by atoms with E-state index in [-0.39, 0.29) is 11.9 Å². The van der Waals surface area contributed by atoms with Crippen molar-refractivity contribution in [1.29, 1.82) is 5.26 Å². The summed E-state index contributed by atoms with van der Waals surface area (Å²) in [4.78, 5) is 16.5. The zero-order valence-corrected chi connectivity index (χ0v) is 15.0. The molecule has 0 spiro atoms. The highest BCUT2D eigenvalue weighted by Crippen LogP contribution is 2.30. The molecule has 25 heavy (non-hydrogen) atoms. The van der Waals surface area contributed by atoms with Crippen LogP contribution in [0.4, 0.5) is 5.69 Å². The van der Waals surface area contributed by atoms with Gasteiger partial charge in [0.1, 0.15) is 6.04 Å². The highest BCUT2D eigenvalue weighted by Gasteiger charge is 2.31. The number of rotatable bonds is 4. The standard InChI is InChI=1S/C19H22N4OS/c20-11-16-4-2-8-23(16)18(24)13-22-9-6-15(12-22)21-17-5-1-3-14-7-10-25-19(14)17/h1,3,5,7,10,15-16,21H,2,4,6,8-9,12-13H2. The normalized spacial score (nSPS) is 23.9. The number of benzene rings is 1. The summed E-state index contributed by atoms with van der Waals surface area (Å²) in [5.74, 6) is 0.102. The molecule has 1 amide bonds. The summed E-state index contributed by atoms with van der Waals surface area (Å²) in [6.07, 6.45) is 2.80. The van der Waals surface area contributed by atoms with Gasteiger partial charge in [0.2, 0.25) is 5.91 Å². The summed E-state index contributed by atoms with van der Waals surface area (Å²) in [6.45, 7) is 2.96. The van der Waals surface area contributed by atoms with E-state index in [0.29, 0.717) is 12.6 Å². The van der Waals surface area contributed by atoms with Gasteiger partial charge in [0.15, 0.2) is 0 Å². The number of amides is 1. The number of carbonyl (C=O) groups is 1. The van der Waals surface area contributed by atoms with Gasteiger partial charge < -0.3 is 10.2 Å². The van der Waals surface area contributed by atoms with Crippen LogP contribution in [0, 0.1) is 11.3 Å². The molecule has 0 saturated carbocycles. The molecule has 4 rings (SSSR count). The fraction of sp³-hybridized carbons (Fsp3) is 0.474. The Labute approximate surface area is 151 Å². The minimum Gasteiger partial charge on any atom is -0.380 e. The molecule has 1 aromatic heterocycles. The van der Waals surface area contributed by atoms with Crippen LogP contribution in [0.15, 0.2) is 29.6 Å². The van der Waals surface area contributed by atoms with Crippen LogP contribution in [0.5, 0.6) is 0 Å². The summed E-state index contributed by atoms with van der Waals surface area (Å²) in [5.41, 5.74) is 1.19. The minimum atomic E-state index is -0.222. The first-order chi connectivity index (χ1) is 12.2. The maximum atomic E-state index is 12.5. The monoisotopic (exact) mass is 354 g/mol. The number of anilines is 1. The van der Waals surface area contributed by atoms with Crippen molar-refractivity contribution in [3.63, 3.8) is 0 Å². The summed E-state index contributed by atoms with van der Waals surface area (Å²) in [6, 6.07) is 10.9. The molecule has 2 aliphatic heterocycles. The maximum absolute atomic E-state index is 12.5. The lowest BCUT2D eigenvalue weighted by molar-refractivity contribution is -0.132. The van der Waals surface area contributed by atoms with Gasteiger partial charge >= 0.3 is 0 Å². The fourth-order valence-electron chi connectivity index (χ4n) is 3.90. The summed E-state index contributed by atoms with van der Waals surface area (Å²) in [5, 5.41) is 16.2. The van der Waals surface area contributed by atoms with E-state index >= 15 is 0 Å². The minimum absolute atomic E-state index is 0.102. The molecule has 2 aromatic rings. The van der Waals surface area contributed by atoms with Gasteiger partial charge in [-0.15, -0.1) is 11.3 Å². The van der Waals surface area contributed by atoms with Crippen molar-refractivity contribution >= 4 is 33.0 Å². The Hall–Kier alpha value is -2.10. The fourth-order valence-corrected chi connectivity index (χ4v) is 4.78. The zero-order chi connectivity index (χ0) is 17.2. The predicted molar refractivity (Wildman–Crippen MR) is 101 cm³/mol. The second kappa shape index (κ2) is 7.03. The van der Waals surface area contributed by atoms with Gasteiger partial charge in [-0.25, -0.2) is 0 Å². The van der Waals surface area contributed by atoms with Crippen molar-refractivity contribution in [2.75, 3.05) is 31.5 Å². The number of nitrogens with zero attached hydrogens (tertiary/aromatic N) is 3. The largest absolute Gasteiger partial charge is 0.380 e. The molecule has 0 aliphatic carbocycles. The Kier molecular flexibility index (Phi) is 4.60. The van der Waals surface area contributed by atoms with E-state index in [1.807, 2.05) is 0 Å². The third-order valence-corrected chi connectivity index (χ3v) is 6.16. The molecule has 2 aliphatic rings. The Morgan fingerprint density at radius 1 is 1.32 bits per heavy atom. The maximum Gasteiger partial charge on any atom is 0.237 e. The van der Waals surface area contributed by atoms with E-state index in [9.17, 15) is 4.79 Å². The molecule has 1 aromatic carbocycles. The summed E-state index contributed by atoms with van der Waals surface area (Å²) in [7, 11) is 0. The second-order valence-corrected chi connectivity index (χ2v) is 7.80. The lowest BCUT2D eigenvalue weighted by Gasteiger charge is -2.23. The molecule has 1 N–H and O–H groups in total. The van der Waals surface area contributed by atoms with Crippen LogP contribution in [0.1, 0.15) is 19.3 Å². The van der Waals surface area contributed by atoms with Gasteiger partial charge in [0.05, 0.1) is 23.0 Å². The van der Waals surface area contributed by atoms with Crippen LogP contribution < -0.4 is 5.32 Å². The molecule has 2 unspecified atom stereocenters. The number of fused-ring (bicyclic) bond motifs is 1. The van der Waals surface area contributed by atoms with Crippen LogP contribution in [0.3, 0.4) is 0 Å². The van der Waals surface area contributed by atoms with E-state index in [1.165, 1.54) is 15.8 Å². The van der Waals surface area contributed by atoms with Crippen LogP contribution in [-0.2, 0) is 4.79 Å². The topological polar surface area (TPSA) is 59.4 Å². The molecule has 130 valence electrons. The summed E-state index contributed by atoms with van der Waals surface area (Å²) < 4.78 is 1.30. The first kappa shape index (κ1) is 16.4. The van der Waals surface area contributed by atoms with Gasteiger partial charge in [-0.3, -0.25) is 9.69 Å². The van der Waals surface area contributed by atoms with Gasteiger partial charge in [0.25, 0.3) is 0 Å². The third-order valence-electron chi connectivity index (χ3n) is 5.19. The van der Waals surface area contributed by atoms with Gasteiger partial charge in [0, 0.05) is 25.7 Å². The molecule has 6 heteroatoms. The lowest BCUT2D eigenvalue weighted by Crippen LogP contribution is -2.42. The highest BCUT2D eigenvalue weighted by molar-refractivity contribution is 7.17. The SMILES string of the molecule is N#CC1CCCN1C(=O)CN1CCC(Nc2cccc3ccsc23)C1. The first-order valence-corrected chi connectivity index (χ1v) is 9.77. The number of hydrogen-bond donors (Lipinski definition) is 1. The highest BCUT2D eigenvalue weighted by atomic mass is 32.1. The molecule has 2 fully saturated rings. The Morgan fingerprint density at radius 2 is 2.24 bits per heavy atom. The van der Waals surface area contributed by atoms with Crippen molar-refractivity contribution in [3.05, 3.63) is 29.6 Å². The Bertz CT molecular complexity index is 811. The number of nitrogens with one attached hydrogen (secondary N) is 1. The second-order valence-electron chi connectivity index (χ2n) is 6.88. The van der Waals surface area contributed by atoms with Crippen molar-refractivity contribution in [3.8, 4) is 6.07 Å². The van der Waals surface area contributed by atoms with Crippen LogP contribution in [0.25, 0.3) is 10.1 Å². The molecule has 5 nitrogen and oxygen atoms in total. The first-order valence-electron chi connectivity index (χ1n) is 8.89. The van der Waals surface area contributed by atoms with Crippen molar-refractivity contribution in [2.24, 2.45) is 0 Å². The van der Waals surface area contributed by atoms with Crippen molar-refractivity contribution in [2.45, 2.75) is 31.3 Å². The van der Waals surface area contributed by atoms with Crippen LogP contribution >= 0.6 is 11.3 Å². The Morgan fingerprint density at radius 3 is 3.12 bits per heavy atom. The van der Waals surface area contributed by atoms with Gasteiger partial charge in [-0.2, -0.15) is 5.26 Å². The lowest BCUT2D eigenvalue weighted by atomic mass is 10.2. The smallest absolute Gasteiger partial charge is 0.237 e. The summed E-state index contributed by atoms with van der Waals surface area (Å²) >= 11 is 1.76. The number of likely N-dealkylation sites (tertiary alicyclic amines) is 2. The van der Waals surface area contributed by atoms with E-state index < -0.39 is 0 Å². The molecular weight excluding hydrogens is 332 g/mol. The molecule has 0 bridgehead atoms. The average Bonchev–Trinajstić information content (AvgIpc) is 3.35. The molecule has 2 atom stereocenters. The molecule has 3 heterocycles. The van der Waals surface area contributed by atoms with Crippen molar-refractivity contribution < 1.29 is 4.79 Å². The number of nitriles is 1. The molecular formula is C19H22N4OS. The predicted octanol–water partition coefficient (Wildman–Crippen LogP) is 2.90. The molecule has 2 saturated heterocycles. The quantitative estimate of drug-likeness (QED) is 0.917. The van der Waals surface area contributed by atoms with Gasteiger partial charge in [-0.1, -0.05) is 12.1 Å².